The van der Waals surface area contributed by atoms with Gasteiger partial charge >= 0.3 is 6.09 Å². The standard InChI is InChI=1S/C15H21BrN2O3/c1-9-6-7-12(11(16)8-9)18-13(19)10(2)17-14(20)21-15(3,4)5/h6-8,10H,1-5H3,(H,17,20)(H,18,19). The van der Waals surface area contributed by atoms with Gasteiger partial charge in [0, 0.05) is 4.47 Å². The lowest BCUT2D eigenvalue weighted by Gasteiger charge is -2.21. The number of rotatable bonds is 3. The number of carbonyl (C=O) groups is 2. The molecule has 0 aliphatic heterocycles. The highest BCUT2D eigenvalue weighted by molar-refractivity contribution is 9.10. The first-order valence-electron chi connectivity index (χ1n) is 6.65. The Kier molecular flexibility index (Phi) is 5.78. The van der Waals surface area contributed by atoms with Crippen LogP contribution in [0.5, 0.6) is 0 Å². The third-order valence-electron chi connectivity index (χ3n) is 2.51. The van der Waals surface area contributed by atoms with Crippen molar-refractivity contribution in [2.24, 2.45) is 0 Å². The molecule has 0 heterocycles. The van der Waals surface area contributed by atoms with E-state index >= 15 is 0 Å². The maximum atomic E-state index is 12.0. The largest absolute Gasteiger partial charge is 0.444 e. The molecule has 0 radical (unpaired) electrons. The summed E-state index contributed by atoms with van der Waals surface area (Å²) in [6.45, 7) is 8.85. The van der Waals surface area contributed by atoms with Gasteiger partial charge in [0.2, 0.25) is 5.91 Å². The monoisotopic (exact) mass is 356 g/mol. The van der Waals surface area contributed by atoms with Crippen LogP contribution in [0.1, 0.15) is 33.3 Å². The molecular formula is C15H21BrN2O3. The first-order valence-corrected chi connectivity index (χ1v) is 7.44. The predicted octanol–water partition coefficient (Wildman–Crippen LogP) is 3.61. The van der Waals surface area contributed by atoms with E-state index in [0.29, 0.717) is 5.69 Å². The van der Waals surface area contributed by atoms with E-state index in [1.165, 1.54) is 0 Å². The van der Waals surface area contributed by atoms with Gasteiger partial charge in [-0.25, -0.2) is 4.79 Å². The molecule has 1 aromatic rings. The maximum absolute atomic E-state index is 12.0. The SMILES string of the molecule is Cc1ccc(NC(=O)C(C)NC(=O)OC(C)(C)C)c(Br)c1. The Bertz CT molecular complexity index is 538. The van der Waals surface area contributed by atoms with E-state index in [-0.39, 0.29) is 5.91 Å². The molecule has 116 valence electrons. The molecule has 0 aliphatic carbocycles. The summed E-state index contributed by atoms with van der Waals surface area (Å²) in [7, 11) is 0. The average Bonchev–Trinajstić information content (AvgIpc) is 2.29. The molecule has 0 saturated carbocycles. The summed E-state index contributed by atoms with van der Waals surface area (Å²) >= 11 is 3.39. The van der Waals surface area contributed by atoms with E-state index in [2.05, 4.69) is 26.6 Å². The molecule has 0 bridgehead atoms. The highest BCUT2D eigenvalue weighted by atomic mass is 79.9. The third kappa shape index (κ3) is 6.16. The second-order valence-electron chi connectivity index (χ2n) is 5.84. The van der Waals surface area contributed by atoms with E-state index in [1.807, 2.05) is 19.1 Å². The van der Waals surface area contributed by atoms with Crippen LogP contribution < -0.4 is 10.6 Å². The lowest BCUT2D eigenvalue weighted by atomic mass is 10.2. The Balaban J connectivity index is 2.61. The molecule has 1 atom stereocenters. The second kappa shape index (κ2) is 6.93. The highest BCUT2D eigenvalue weighted by Gasteiger charge is 2.21. The normalized spacial score (nSPS) is 12.5. The number of carbonyl (C=O) groups excluding carboxylic acids is 2. The zero-order valence-electron chi connectivity index (χ0n) is 12.9. The van der Waals surface area contributed by atoms with Crippen LogP contribution in [-0.2, 0) is 9.53 Å². The molecule has 21 heavy (non-hydrogen) atoms. The minimum Gasteiger partial charge on any atom is -0.444 e. The lowest BCUT2D eigenvalue weighted by Crippen LogP contribution is -2.44. The Hall–Kier alpha value is -1.56. The number of anilines is 1. The molecular weight excluding hydrogens is 336 g/mol. The van der Waals surface area contributed by atoms with Gasteiger partial charge in [-0.1, -0.05) is 6.07 Å². The fourth-order valence-electron chi connectivity index (χ4n) is 1.51. The molecule has 1 rings (SSSR count). The molecule has 1 aromatic carbocycles. The molecule has 0 spiro atoms. The lowest BCUT2D eigenvalue weighted by molar-refractivity contribution is -0.117. The first-order chi connectivity index (χ1) is 9.58. The minimum absolute atomic E-state index is 0.314. The van der Waals surface area contributed by atoms with Crippen LogP contribution >= 0.6 is 15.9 Å². The summed E-state index contributed by atoms with van der Waals surface area (Å²) in [5.41, 5.74) is 1.14. The molecule has 5 nitrogen and oxygen atoms in total. The first kappa shape index (κ1) is 17.5. The molecule has 1 unspecified atom stereocenters. The van der Waals surface area contributed by atoms with Gasteiger partial charge in [-0.2, -0.15) is 0 Å². The van der Waals surface area contributed by atoms with Crippen LogP contribution in [0.15, 0.2) is 22.7 Å². The van der Waals surface area contributed by atoms with Crippen molar-refractivity contribution in [3.63, 3.8) is 0 Å². The number of aryl methyl sites for hydroxylation is 1. The number of hydrogen-bond donors (Lipinski definition) is 2. The number of alkyl carbamates (subject to hydrolysis) is 1. The third-order valence-corrected chi connectivity index (χ3v) is 3.17. The van der Waals surface area contributed by atoms with Crippen molar-refractivity contribution >= 4 is 33.6 Å². The topological polar surface area (TPSA) is 67.4 Å². The van der Waals surface area contributed by atoms with Crippen molar-refractivity contribution in [1.29, 1.82) is 0 Å². The summed E-state index contributed by atoms with van der Waals surface area (Å²) < 4.78 is 5.90. The molecule has 2 N–H and O–H groups in total. The van der Waals surface area contributed by atoms with E-state index in [1.54, 1.807) is 33.8 Å². The van der Waals surface area contributed by atoms with Crippen LogP contribution in [0.4, 0.5) is 10.5 Å². The predicted molar refractivity (Wildman–Crippen MR) is 86.3 cm³/mol. The van der Waals surface area contributed by atoms with Crippen molar-refractivity contribution in [2.75, 3.05) is 5.32 Å². The van der Waals surface area contributed by atoms with Crippen LogP contribution in [0, 0.1) is 6.92 Å². The van der Waals surface area contributed by atoms with E-state index in [4.69, 9.17) is 4.74 Å². The van der Waals surface area contributed by atoms with E-state index < -0.39 is 17.7 Å². The molecule has 0 fully saturated rings. The zero-order valence-corrected chi connectivity index (χ0v) is 14.5. The zero-order chi connectivity index (χ0) is 16.2. The maximum Gasteiger partial charge on any atom is 0.408 e. The van der Waals surface area contributed by atoms with Gasteiger partial charge in [-0.15, -0.1) is 0 Å². The number of benzene rings is 1. The van der Waals surface area contributed by atoms with Crippen molar-refractivity contribution in [2.45, 2.75) is 46.3 Å². The second-order valence-corrected chi connectivity index (χ2v) is 6.69. The molecule has 6 heteroatoms. The number of nitrogens with one attached hydrogen (secondary N) is 2. The van der Waals surface area contributed by atoms with Crippen molar-refractivity contribution in [1.82, 2.24) is 5.32 Å². The van der Waals surface area contributed by atoms with Gasteiger partial charge in [-0.3, -0.25) is 4.79 Å². The fraction of sp³-hybridized carbons (Fsp3) is 0.467. The van der Waals surface area contributed by atoms with Crippen LogP contribution in [-0.4, -0.2) is 23.6 Å². The van der Waals surface area contributed by atoms with Gasteiger partial charge in [0.15, 0.2) is 0 Å². The summed E-state index contributed by atoms with van der Waals surface area (Å²) in [5, 5.41) is 5.25. The van der Waals surface area contributed by atoms with Gasteiger partial charge in [0.25, 0.3) is 0 Å². The van der Waals surface area contributed by atoms with Gasteiger partial charge < -0.3 is 15.4 Å². The number of halogens is 1. The number of hydrogen-bond acceptors (Lipinski definition) is 3. The van der Waals surface area contributed by atoms with Crippen LogP contribution in [0.3, 0.4) is 0 Å². The average molecular weight is 357 g/mol. The smallest absolute Gasteiger partial charge is 0.408 e. The summed E-state index contributed by atoms with van der Waals surface area (Å²) in [4.78, 5) is 23.7. The van der Waals surface area contributed by atoms with Gasteiger partial charge in [0.05, 0.1) is 5.69 Å². The fourth-order valence-corrected chi connectivity index (χ4v) is 2.10. The Morgan fingerprint density at radius 3 is 2.43 bits per heavy atom. The summed E-state index contributed by atoms with van der Waals surface area (Å²) in [6.07, 6.45) is -0.617. The summed E-state index contributed by atoms with van der Waals surface area (Å²) in [5.74, 6) is -0.314. The van der Waals surface area contributed by atoms with Crippen molar-refractivity contribution in [3.8, 4) is 0 Å². The Morgan fingerprint density at radius 2 is 1.90 bits per heavy atom. The molecule has 0 saturated heterocycles. The molecule has 0 aromatic heterocycles. The van der Waals surface area contributed by atoms with Crippen LogP contribution in [0.2, 0.25) is 0 Å². The highest BCUT2D eigenvalue weighted by Crippen LogP contribution is 2.23. The van der Waals surface area contributed by atoms with E-state index in [9.17, 15) is 9.59 Å². The Labute approximate surface area is 133 Å². The Morgan fingerprint density at radius 1 is 1.29 bits per heavy atom. The van der Waals surface area contributed by atoms with Crippen LogP contribution in [0.25, 0.3) is 0 Å². The molecule has 0 aliphatic rings. The molecule has 2 amide bonds. The van der Waals surface area contributed by atoms with Gasteiger partial charge in [0.1, 0.15) is 11.6 Å². The van der Waals surface area contributed by atoms with E-state index in [0.717, 1.165) is 10.0 Å². The van der Waals surface area contributed by atoms with Gasteiger partial charge in [-0.05, 0) is 68.2 Å². The van der Waals surface area contributed by atoms with Crippen molar-refractivity contribution in [3.05, 3.63) is 28.2 Å². The number of amides is 2. The summed E-state index contributed by atoms with van der Waals surface area (Å²) in [6, 6.07) is 4.90. The van der Waals surface area contributed by atoms with Crippen molar-refractivity contribution < 1.29 is 14.3 Å². The quantitative estimate of drug-likeness (QED) is 0.869. The minimum atomic E-state index is -0.701. The number of ether oxygens (including phenoxy) is 1.